The Balaban J connectivity index is 1.90. The van der Waals surface area contributed by atoms with E-state index in [0.29, 0.717) is 12.1 Å². The van der Waals surface area contributed by atoms with Crippen LogP contribution < -0.4 is 5.32 Å². The fourth-order valence-electron chi connectivity index (χ4n) is 3.37. The molecule has 3 heteroatoms. The Labute approximate surface area is 108 Å². The zero-order chi connectivity index (χ0) is 11.8. The maximum atomic E-state index is 6.09. The maximum Gasteiger partial charge on any atom is 0.0481 e. The van der Waals surface area contributed by atoms with Crippen molar-refractivity contribution in [1.82, 2.24) is 10.2 Å². The lowest BCUT2D eigenvalue weighted by Crippen LogP contribution is -2.40. The first-order valence-electron chi connectivity index (χ1n) is 6.49. The van der Waals surface area contributed by atoms with Crippen LogP contribution in [0.5, 0.6) is 0 Å². The first kappa shape index (κ1) is 11.5. The molecule has 1 aliphatic carbocycles. The van der Waals surface area contributed by atoms with Crippen LogP contribution in [0.1, 0.15) is 30.0 Å². The SMILES string of the molecule is CN[C@@H]1c2ccc(Cl)cc2C[C@H]1N1CCCC1. The van der Waals surface area contributed by atoms with Crippen molar-refractivity contribution in [2.45, 2.75) is 31.3 Å². The molecule has 0 spiro atoms. The van der Waals surface area contributed by atoms with Gasteiger partial charge in [0.05, 0.1) is 0 Å². The lowest BCUT2D eigenvalue weighted by atomic mass is 10.1. The number of hydrogen-bond acceptors (Lipinski definition) is 2. The number of nitrogens with zero attached hydrogens (tertiary/aromatic N) is 1. The summed E-state index contributed by atoms with van der Waals surface area (Å²) in [5, 5.41) is 4.34. The van der Waals surface area contributed by atoms with Crippen LogP contribution in [0.2, 0.25) is 5.02 Å². The molecule has 0 radical (unpaired) electrons. The second-order valence-corrected chi connectivity index (χ2v) is 5.56. The second kappa shape index (κ2) is 4.60. The molecule has 1 N–H and O–H groups in total. The summed E-state index contributed by atoms with van der Waals surface area (Å²) >= 11 is 6.09. The Bertz CT molecular complexity index is 413. The van der Waals surface area contributed by atoms with Crippen molar-refractivity contribution in [2.75, 3.05) is 20.1 Å². The van der Waals surface area contributed by atoms with Crippen LogP contribution in [-0.2, 0) is 6.42 Å². The molecule has 0 amide bonds. The highest BCUT2D eigenvalue weighted by Crippen LogP contribution is 2.36. The van der Waals surface area contributed by atoms with E-state index >= 15 is 0 Å². The molecule has 92 valence electrons. The minimum absolute atomic E-state index is 0.473. The van der Waals surface area contributed by atoms with Crippen LogP contribution in [0.3, 0.4) is 0 Å². The van der Waals surface area contributed by atoms with Gasteiger partial charge in [0, 0.05) is 17.1 Å². The molecule has 0 unspecified atom stereocenters. The first-order valence-corrected chi connectivity index (χ1v) is 6.87. The zero-order valence-corrected chi connectivity index (χ0v) is 11.0. The topological polar surface area (TPSA) is 15.3 Å². The minimum atomic E-state index is 0.473. The zero-order valence-electron chi connectivity index (χ0n) is 10.2. The molecule has 0 bridgehead atoms. The molecule has 2 aliphatic rings. The predicted octanol–water partition coefficient (Wildman–Crippen LogP) is 2.62. The molecule has 2 atom stereocenters. The normalized spacial score (nSPS) is 28.6. The number of likely N-dealkylation sites (N-methyl/N-ethyl adjacent to an activating group) is 1. The molecule has 0 saturated carbocycles. The van der Waals surface area contributed by atoms with Crippen molar-refractivity contribution >= 4 is 11.6 Å². The Morgan fingerprint density at radius 1 is 1.29 bits per heavy atom. The van der Waals surface area contributed by atoms with E-state index in [9.17, 15) is 0 Å². The Morgan fingerprint density at radius 2 is 2.06 bits per heavy atom. The van der Waals surface area contributed by atoms with Crippen LogP contribution in [0.25, 0.3) is 0 Å². The lowest BCUT2D eigenvalue weighted by Gasteiger charge is -2.29. The highest BCUT2D eigenvalue weighted by Gasteiger charge is 2.36. The number of fused-ring (bicyclic) bond motifs is 1. The van der Waals surface area contributed by atoms with Gasteiger partial charge in [-0.1, -0.05) is 17.7 Å². The van der Waals surface area contributed by atoms with Gasteiger partial charge in [-0.05, 0) is 62.7 Å². The van der Waals surface area contributed by atoms with Gasteiger partial charge >= 0.3 is 0 Å². The monoisotopic (exact) mass is 250 g/mol. The van der Waals surface area contributed by atoms with Gasteiger partial charge in [0.15, 0.2) is 0 Å². The number of hydrogen-bond donors (Lipinski definition) is 1. The van der Waals surface area contributed by atoms with Crippen molar-refractivity contribution in [2.24, 2.45) is 0 Å². The van der Waals surface area contributed by atoms with Gasteiger partial charge in [-0.15, -0.1) is 0 Å². The van der Waals surface area contributed by atoms with Crippen molar-refractivity contribution < 1.29 is 0 Å². The highest BCUT2D eigenvalue weighted by atomic mass is 35.5. The molecule has 1 aliphatic heterocycles. The van der Waals surface area contributed by atoms with Gasteiger partial charge in [0.2, 0.25) is 0 Å². The van der Waals surface area contributed by atoms with E-state index in [1.54, 1.807) is 0 Å². The van der Waals surface area contributed by atoms with E-state index in [-0.39, 0.29) is 0 Å². The van der Waals surface area contributed by atoms with Crippen LogP contribution in [0.15, 0.2) is 18.2 Å². The van der Waals surface area contributed by atoms with Crippen molar-refractivity contribution in [3.05, 3.63) is 34.3 Å². The fraction of sp³-hybridized carbons (Fsp3) is 0.571. The van der Waals surface area contributed by atoms with Gasteiger partial charge in [-0.25, -0.2) is 0 Å². The van der Waals surface area contributed by atoms with E-state index < -0.39 is 0 Å². The van der Waals surface area contributed by atoms with Crippen LogP contribution >= 0.6 is 11.6 Å². The van der Waals surface area contributed by atoms with Crippen molar-refractivity contribution in [1.29, 1.82) is 0 Å². The summed E-state index contributed by atoms with van der Waals surface area (Å²) < 4.78 is 0. The Hall–Kier alpha value is -0.570. The maximum absolute atomic E-state index is 6.09. The standard InChI is InChI=1S/C14H19ClN2/c1-16-14-12-5-4-11(15)8-10(12)9-13(14)17-6-2-3-7-17/h4-5,8,13-14,16H,2-3,6-7,9H2,1H3/t13-,14-/m1/s1. The van der Waals surface area contributed by atoms with Gasteiger partial charge in [-0.2, -0.15) is 0 Å². The molecule has 1 saturated heterocycles. The summed E-state index contributed by atoms with van der Waals surface area (Å²) in [6.07, 6.45) is 3.84. The summed E-state index contributed by atoms with van der Waals surface area (Å²) in [6.45, 7) is 2.51. The molecule has 17 heavy (non-hydrogen) atoms. The van der Waals surface area contributed by atoms with Crippen LogP contribution in [-0.4, -0.2) is 31.1 Å². The number of likely N-dealkylation sites (tertiary alicyclic amines) is 1. The number of rotatable bonds is 2. The molecule has 1 aromatic rings. The fourth-order valence-corrected chi connectivity index (χ4v) is 3.56. The largest absolute Gasteiger partial charge is 0.312 e. The van der Waals surface area contributed by atoms with Crippen LogP contribution in [0.4, 0.5) is 0 Å². The summed E-state index contributed by atoms with van der Waals surface area (Å²) in [7, 11) is 2.07. The molecule has 1 aromatic carbocycles. The minimum Gasteiger partial charge on any atom is -0.312 e. The molecule has 1 heterocycles. The summed E-state index contributed by atoms with van der Waals surface area (Å²) in [4.78, 5) is 2.63. The Kier molecular flexibility index (Phi) is 3.12. The summed E-state index contributed by atoms with van der Waals surface area (Å²) in [5.74, 6) is 0. The molecular formula is C14H19ClN2. The quantitative estimate of drug-likeness (QED) is 0.868. The van der Waals surface area contributed by atoms with E-state index in [1.165, 1.54) is 37.1 Å². The average molecular weight is 251 g/mol. The van der Waals surface area contributed by atoms with Crippen molar-refractivity contribution in [3.8, 4) is 0 Å². The van der Waals surface area contributed by atoms with Gasteiger partial charge in [0.25, 0.3) is 0 Å². The smallest absolute Gasteiger partial charge is 0.0481 e. The molecule has 3 rings (SSSR count). The van der Waals surface area contributed by atoms with Gasteiger partial charge in [-0.3, -0.25) is 4.90 Å². The molecular weight excluding hydrogens is 232 g/mol. The van der Waals surface area contributed by atoms with Crippen molar-refractivity contribution in [3.63, 3.8) is 0 Å². The highest BCUT2D eigenvalue weighted by molar-refractivity contribution is 6.30. The van der Waals surface area contributed by atoms with E-state index in [4.69, 9.17) is 11.6 Å². The Morgan fingerprint density at radius 3 is 2.76 bits per heavy atom. The van der Waals surface area contributed by atoms with E-state index in [1.807, 2.05) is 6.07 Å². The van der Waals surface area contributed by atoms with E-state index in [0.717, 1.165) is 11.4 Å². The molecule has 0 aromatic heterocycles. The van der Waals surface area contributed by atoms with Gasteiger partial charge in [0.1, 0.15) is 0 Å². The predicted molar refractivity (Wildman–Crippen MR) is 71.6 cm³/mol. The average Bonchev–Trinajstić information content (AvgIpc) is 2.94. The third-order valence-electron chi connectivity index (χ3n) is 4.17. The van der Waals surface area contributed by atoms with Crippen LogP contribution in [0, 0.1) is 0 Å². The third kappa shape index (κ3) is 1.99. The first-order chi connectivity index (χ1) is 8.29. The number of benzene rings is 1. The lowest BCUT2D eigenvalue weighted by molar-refractivity contribution is 0.208. The summed E-state index contributed by atoms with van der Waals surface area (Å²) in [5.41, 5.74) is 2.86. The third-order valence-corrected chi connectivity index (χ3v) is 4.41. The molecule has 2 nitrogen and oxygen atoms in total. The molecule has 1 fully saturated rings. The summed E-state index contributed by atoms with van der Waals surface area (Å²) in [6, 6.07) is 7.43. The number of halogens is 1. The van der Waals surface area contributed by atoms with Gasteiger partial charge < -0.3 is 5.32 Å². The second-order valence-electron chi connectivity index (χ2n) is 5.12. The number of nitrogens with one attached hydrogen (secondary N) is 1. The van der Waals surface area contributed by atoms with E-state index in [2.05, 4.69) is 29.4 Å².